The SMILES string of the molecule is c1ccc2c(c1)ccc1cc(-c3ccc(N(c4ccc(-c5cccc6oc7c8ccccc8ccc7c56)cc4)c4ccc5c(c4)oc4ccccc45)cc3)ccc12. The van der Waals surface area contributed by atoms with Crippen molar-refractivity contribution in [2.24, 2.45) is 0 Å². The van der Waals surface area contributed by atoms with E-state index in [0.29, 0.717) is 0 Å². The summed E-state index contributed by atoms with van der Waals surface area (Å²) in [5.74, 6) is 0. The third-order valence-electron chi connectivity index (χ3n) is 11.6. The number of fused-ring (bicyclic) bond motifs is 11. The van der Waals surface area contributed by atoms with Crippen molar-refractivity contribution >= 4 is 93.3 Å². The molecule has 3 nitrogen and oxygen atoms in total. The maximum atomic E-state index is 6.52. The van der Waals surface area contributed by atoms with Gasteiger partial charge in [-0.1, -0.05) is 133 Å². The highest BCUT2D eigenvalue weighted by molar-refractivity contribution is 6.19. The van der Waals surface area contributed by atoms with Crippen molar-refractivity contribution in [3.05, 3.63) is 200 Å². The van der Waals surface area contributed by atoms with Crippen molar-refractivity contribution in [1.29, 1.82) is 0 Å². The van der Waals surface area contributed by atoms with Crippen LogP contribution in [-0.4, -0.2) is 0 Å². The van der Waals surface area contributed by atoms with Crippen LogP contribution in [0.3, 0.4) is 0 Å². The number of rotatable bonds is 5. The Bertz CT molecular complexity index is 3520. The lowest BCUT2D eigenvalue weighted by molar-refractivity contribution is 0.669. The van der Waals surface area contributed by atoms with Crippen LogP contribution in [0, 0.1) is 0 Å². The molecule has 0 spiro atoms. The smallest absolute Gasteiger partial charge is 0.143 e. The van der Waals surface area contributed by atoms with Crippen molar-refractivity contribution in [3.63, 3.8) is 0 Å². The molecule has 57 heavy (non-hydrogen) atoms. The highest BCUT2D eigenvalue weighted by atomic mass is 16.3. The molecule has 0 N–H and O–H groups in total. The van der Waals surface area contributed by atoms with Gasteiger partial charge in [-0.3, -0.25) is 0 Å². The van der Waals surface area contributed by atoms with Crippen LogP contribution >= 0.6 is 0 Å². The molecule has 0 bridgehead atoms. The van der Waals surface area contributed by atoms with Gasteiger partial charge < -0.3 is 13.7 Å². The Kier molecular flexibility index (Phi) is 6.93. The second-order valence-electron chi connectivity index (χ2n) is 14.9. The highest BCUT2D eigenvalue weighted by Gasteiger charge is 2.18. The fourth-order valence-corrected chi connectivity index (χ4v) is 8.88. The minimum Gasteiger partial charge on any atom is -0.456 e. The standard InChI is InChI=1S/C54H33NO2/c1-3-10-43-35(8-1)16-17-39-32-38(23-29-44(39)43)34-18-24-40(25-19-34)55(42-28-31-48-47-12-5-6-14-50(47)56-52(48)33-42)41-26-20-37(21-27-41)45-13-7-15-51-53(45)49-30-22-36-9-2-4-11-46(36)54(49)57-51/h1-33H. The number of anilines is 3. The Hall–Kier alpha value is -7.62. The van der Waals surface area contributed by atoms with Crippen molar-refractivity contribution in [2.45, 2.75) is 0 Å². The van der Waals surface area contributed by atoms with Gasteiger partial charge in [0.15, 0.2) is 0 Å². The van der Waals surface area contributed by atoms with Gasteiger partial charge in [0.05, 0.1) is 0 Å². The summed E-state index contributed by atoms with van der Waals surface area (Å²) in [5, 5.41) is 11.9. The van der Waals surface area contributed by atoms with Crippen LogP contribution < -0.4 is 4.90 Å². The topological polar surface area (TPSA) is 29.5 Å². The van der Waals surface area contributed by atoms with E-state index >= 15 is 0 Å². The van der Waals surface area contributed by atoms with Crippen LogP contribution in [0.15, 0.2) is 209 Å². The van der Waals surface area contributed by atoms with E-state index in [2.05, 4.69) is 193 Å². The largest absolute Gasteiger partial charge is 0.456 e. The maximum Gasteiger partial charge on any atom is 0.143 e. The summed E-state index contributed by atoms with van der Waals surface area (Å²) in [4.78, 5) is 2.31. The van der Waals surface area contributed by atoms with Crippen molar-refractivity contribution < 1.29 is 8.83 Å². The number of hydrogen-bond acceptors (Lipinski definition) is 3. The zero-order valence-corrected chi connectivity index (χ0v) is 30.8. The lowest BCUT2D eigenvalue weighted by Crippen LogP contribution is -2.09. The summed E-state index contributed by atoms with van der Waals surface area (Å²) in [6, 6.07) is 71.6. The highest BCUT2D eigenvalue weighted by Crippen LogP contribution is 2.43. The quantitative estimate of drug-likeness (QED) is 0.165. The third kappa shape index (κ3) is 5.06. The van der Waals surface area contributed by atoms with Crippen LogP contribution in [-0.2, 0) is 0 Å². The lowest BCUT2D eigenvalue weighted by Gasteiger charge is -2.26. The molecular formula is C54H33NO2. The maximum absolute atomic E-state index is 6.52. The molecule has 0 atom stereocenters. The van der Waals surface area contributed by atoms with E-state index in [-0.39, 0.29) is 0 Å². The average Bonchev–Trinajstić information content (AvgIpc) is 3.85. The van der Waals surface area contributed by atoms with Gasteiger partial charge in [-0.05, 0) is 110 Å². The zero-order valence-electron chi connectivity index (χ0n) is 30.8. The van der Waals surface area contributed by atoms with E-state index in [1.54, 1.807) is 0 Å². The van der Waals surface area contributed by atoms with Gasteiger partial charge >= 0.3 is 0 Å². The summed E-state index contributed by atoms with van der Waals surface area (Å²) in [5.41, 5.74) is 11.4. The van der Waals surface area contributed by atoms with Gasteiger partial charge in [0.1, 0.15) is 22.3 Å². The summed E-state index contributed by atoms with van der Waals surface area (Å²) in [7, 11) is 0. The summed E-state index contributed by atoms with van der Waals surface area (Å²) in [6.45, 7) is 0. The Balaban J connectivity index is 0.964. The predicted molar refractivity (Wildman–Crippen MR) is 239 cm³/mol. The predicted octanol–water partition coefficient (Wildman–Crippen LogP) is 15.7. The van der Waals surface area contributed by atoms with Crippen molar-refractivity contribution in [3.8, 4) is 22.3 Å². The molecular weight excluding hydrogens is 695 g/mol. The number of nitrogens with zero attached hydrogens (tertiary/aromatic N) is 1. The van der Waals surface area contributed by atoms with Gasteiger partial charge in [0.2, 0.25) is 0 Å². The lowest BCUT2D eigenvalue weighted by atomic mass is 9.97. The molecule has 0 saturated carbocycles. The molecule has 12 rings (SSSR count). The molecule has 0 saturated heterocycles. The summed E-state index contributed by atoms with van der Waals surface area (Å²) in [6.07, 6.45) is 0. The molecule has 0 fully saturated rings. The summed E-state index contributed by atoms with van der Waals surface area (Å²) >= 11 is 0. The molecule has 0 aliphatic carbocycles. The van der Waals surface area contributed by atoms with E-state index < -0.39 is 0 Å². The van der Waals surface area contributed by atoms with Gasteiger partial charge in [0, 0.05) is 50.1 Å². The fraction of sp³-hybridized carbons (Fsp3) is 0. The number of furan rings is 2. The first-order chi connectivity index (χ1) is 28.2. The van der Waals surface area contributed by atoms with Crippen LogP contribution in [0.25, 0.3) is 98.4 Å². The number of benzene rings is 10. The Labute approximate surface area is 328 Å². The second-order valence-corrected chi connectivity index (χ2v) is 14.9. The van der Waals surface area contributed by atoms with Gasteiger partial charge in [-0.15, -0.1) is 0 Å². The van der Waals surface area contributed by atoms with E-state index in [9.17, 15) is 0 Å². The Morgan fingerprint density at radius 2 is 0.860 bits per heavy atom. The normalized spacial score (nSPS) is 11.9. The van der Waals surface area contributed by atoms with E-state index in [4.69, 9.17) is 8.83 Å². The zero-order chi connectivity index (χ0) is 37.5. The second kappa shape index (κ2) is 12.5. The minimum absolute atomic E-state index is 0.863. The fourth-order valence-electron chi connectivity index (χ4n) is 8.88. The molecule has 0 unspecified atom stereocenters. The first-order valence-corrected chi connectivity index (χ1v) is 19.4. The molecule has 0 aliphatic heterocycles. The van der Waals surface area contributed by atoms with Crippen LogP contribution in [0.4, 0.5) is 17.1 Å². The molecule has 0 amide bonds. The molecule has 266 valence electrons. The Morgan fingerprint density at radius 3 is 1.68 bits per heavy atom. The van der Waals surface area contributed by atoms with Gasteiger partial charge in [-0.2, -0.15) is 0 Å². The first-order valence-electron chi connectivity index (χ1n) is 19.4. The van der Waals surface area contributed by atoms with E-state index in [0.717, 1.165) is 77.5 Å². The third-order valence-corrected chi connectivity index (χ3v) is 11.6. The van der Waals surface area contributed by atoms with Crippen LogP contribution in [0.1, 0.15) is 0 Å². The summed E-state index contributed by atoms with van der Waals surface area (Å²) < 4.78 is 12.9. The molecule has 3 heteroatoms. The molecule has 2 aromatic heterocycles. The number of para-hydroxylation sites is 1. The Morgan fingerprint density at radius 1 is 0.298 bits per heavy atom. The van der Waals surface area contributed by atoms with Crippen molar-refractivity contribution in [2.75, 3.05) is 4.90 Å². The average molecular weight is 728 g/mol. The van der Waals surface area contributed by atoms with Crippen LogP contribution in [0.5, 0.6) is 0 Å². The molecule has 10 aromatic carbocycles. The van der Waals surface area contributed by atoms with E-state index in [1.807, 2.05) is 12.1 Å². The van der Waals surface area contributed by atoms with Gasteiger partial charge in [0.25, 0.3) is 0 Å². The van der Waals surface area contributed by atoms with E-state index in [1.165, 1.54) is 38.1 Å². The van der Waals surface area contributed by atoms with Crippen LogP contribution in [0.2, 0.25) is 0 Å². The van der Waals surface area contributed by atoms with Crippen molar-refractivity contribution in [1.82, 2.24) is 0 Å². The minimum atomic E-state index is 0.863. The molecule has 12 aromatic rings. The molecule has 2 heterocycles. The number of hydrogen-bond donors (Lipinski definition) is 0. The monoisotopic (exact) mass is 727 g/mol. The molecule has 0 aliphatic rings. The molecule has 0 radical (unpaired) electrons. The first kappa shape index (κ1) is 31.7. The van der Waals surface area contributed by atoms with Gasteiger partial charge in [-0.25, -0.2) is 0 Å².